The summed E-state index contributed by atoms with van der Waals surface area (Å²) in [5, 5.41) is 10.9. The van der Waals surface area contributed by atoms with Gasteiger partial charge in [0.15, 0.2) is 5.65 Å². The van der Waals surface area contributed by atoms with Crippen LogP contribution in [0.2, 0.25) is 0 Å². The molecule has 2 aromatic rings. The van der Waals surface area contributed by atoms with Crippen molar-refractivity contribution in [3.63, 3.8) is 0 Å². The van der Waals surface area contributed by atoms with E-state index in [1.165, 1.54) is 5.56 Å². The molecule has 3 rings (SSSR count). The number of morpholine rings is 1. The molecule has 1 aliphatic rings. The topological polar surface area (TPSA) is 63.5 Å². The molecule has 2 N–H and O–H groups in total. The average molecular weight is 247 g/mol. The van der Waals surface area contributed by atoms with Gasteiger partial charge in [0, 0.05) is 19.6 Å². The molecule has 0 aliphatic carbocycles. The predicted molar refractivity (Wildman–Crippen MR) is 68.8 cm³/mol. The lowest BCUT2D eigenvalue weighted by atomic mass is 10.2. The molecule has 18 heavy (non-hydrogen) atoms. The third kappa shape index (κ3) is 2.30. The summed E-state index contributed by atoms with van der Waals surface area (Å²) in [6.07, 6.45) is 1.77. The molecular formula is C12H17N5O. The fraction of sp³-hybridized carbons (Fsp3) is 0.500. The van der Waals surface area contributed by atoms with Crippen molar-refractivity contribution in [3.05, 3.63) is 24.0 Å². The number of pyridine rings is 1. The van der Waals surface area contributed by atoms with Gasteiger partial charge >= 0.3 is 0 Å². The lowest BCUT2D eigenvalue weighted by Crippen LogP contribution is -2.42. The number of ether oxygens (including phenoxy) is 1. The van der Waals surface area contributed by atoms with E-state index in [9.17, 15) is 0 Å². The third-order valence-corrected chi connectivity index (χ3v) is 3.04. The summed E-state index contributed by atoms with van der Waals surface area (Å²) in [6.45, 7) is 5.43. The molecule has 0 amide bonds. The van der Waals surface area contributed by atoms with E-state index < -0.39 is 0 Å². The van der Waals surface area contributed by atoms with E-state index in [0.717, 1.165) is 37.7 Å². The largest absolute Gasteiger partial charge is 0.374 e. The number of hydrogen-bond donors (Lipinski definition) is 2. The molecule has 0 spiro atoms. The Morgan fingerprint density at radius 1 is 1.56 bits per heavy atom. The van der Waals surface area contributed by atoms with Gasteiger partial charge in [-0.1, -0.05) is 0 Å². The van der Waals surface area contributed by atoms with E-state index in [4.69, 9.17) is 4.74 Å². The molecule has 6 nitrogen and oxygen atoms in total. The van der Waals surface area contributed by atoms with Crippen molar-refractivity contribution in [3.8, 4) is 0 Å². The van der Waals surface area contributed by atoms with Gasteiger partial charge in [0.05, 0.1) is 12.7 Å². The van der Waals surface area contributed by atoms with Crippen LogP contribution in [-0.4, -0.2) is 46.9 Å². The lowest BCUT2D eigenvalue weighted by Gasteiger charge is -2.24. The highest BCUT2D eigenvalue weighted by Crippen LogP contribution is 2.13. The summed E-state index contributed by atoms with van der Waals surface area (Å²) in [5.74, 6) is 0.955. The van der Waals surface area contributed by atoms with Gasteiger partial charge in [-0.15, -0.1) is 0 Å². The number of rotatable bonds is 3. The fourth-order valence-corrected chi connectivity index (χ4v) is 2.15. The van der Waals surface area contributed by atoms with Crippen LogP contribution in [0.15, 0.2) is 18.5 Å². The molecule has 3 heterocycles. The maximum atomic E-state index is 5.65. The zero-order chi connectivity index (χ0) is 12.4. The molecule has 1 fully saturated rings. The predicted octanol–water partition coefficient (Wildman–Crippen LogP) is 0.438. The van der Waals surface area contributed by atoms with E-state index >= 15 is 0 Å². The van der Waals surface area contributed by atoms with Crippen LogP contribution in [0.4, 0.5) is 5.82 Å². The first-order valence-corrected chi connectivity index (χ1v) is 6.19. The first-order valence-electron chi connectivity index (χ1n) is 6.19. The molecule has 0 aromatic carbocycles. The Morgan fingerprint density at radius 2 is 2.50 bits per heavy atom. The molecule has 0 radical (unpaired) electrons. The standard InChI is InChI=1S/C12H17N5O/c1-9-4-11(17-12(5-9)15-8-16-17)14-7-10-6-13-2-3-18-10/h4-5,8,10,13-14H,2-3,6-7H2,1H3. The molecule has 96 valence electrons. The smallest absolute Gasteiger partial charge is 0.157 e. The molecule has 1 saturated heterocycles. The fourth-order valence-electron chi connectivity index (χ4n) is 2.15. The monoisotopic (exact) mass is 247 g/mol. The molecule has 1 aliphatic heterocycles. The molecule has 2 aromatic heterocycles. The Labute approximate surface area is 105 Å². The van der Waals surface area contributed by atoms with Crippen LogP contribution in [0.1, 0.15) is 5.56 Å². The van der Waals surface area contributed by atoms with Crippen molar-refractivity contribution in [1.29, 1.82) is 0 Å². The summed E-state index contributed by atoms with van der Waals surface area (Å²) in [7, 11) is 0. The van der Waals surface area contributed by atoms with E-state index in [1.807, 2.05) is 10.6 Å². The molecule has 1 atom stereocenters. The SMILES string of the molecule is Cc1cc(NCC2CNCCO2)n2ncnc2c1. The van der Waals surface area contributed by atoms with Crippen LogP contribution in [0, 0.1) is 6.92 Å². The minimum atomic E-state index is 0.206. The molecule has 1 unspecified atom stereocenters. The number of nitrogens with zero attached hydrogens (tertiary/aromatic N) is 3. The summed E-state index contributed by atoms with van der Waals surface area (Å²) >= 11 is 0. The Balaban J connectivity index is 1.75. The number of hydrogen-bond acceptors (Lipinski definition) is 5. The van der Waals surface area contributed by atoms with E-state index in [2.05, 4.69) is 33.7 Å². The molecular weight excluding hydrogens is 230 g/mol. The van der Waals surface area contributed by atoms with Crippen LogP contribution in [0.25, 0.3) is 5.65 Å². The Morgan fingerprint density at radius 3 is 3.33 bits per heavy atom. The second-order valence-corrected chi connectivity index (χ2v) is 4.53. The summed E-state index contributed by atoms with van der Waals surface area (Å²) < 4.78 is 7.46. The normalized spacial score (nSPS) is 20.2. The van der Waals surface area contributed by atoms with Gasteiger partial charge in [-0.2, -0.15) is 9.61 Å². The van der Waals surface area contributed by atoms with Crippen molar-refractivity contribution in [2.45, 2.75) is 13.0 Å². The highest BCUT2D eigenvalue weighted by molar-refractivity contribution is 5.51. The van der Waals surface area contributed by atoms with Crippen molar-refractivity contribution in [2.75, 3.05) is 31.6 Å². The van der Waals surface area contributed by atoms with Gasteiger partial charge in [0.25, 0.3) is 0 Å². The zero-order valence-electron chi connectivity index (χ0n) is 10.4. The van der Waals surface area contributed by atoms with E-state index in [1.54, 1.807) is 6.33 Å². The Hall–Kier alpha value is -1.66. The van der Waals surface area contributed by atoms with Crippen LogP contribution >= 0.6 is 0 Å². The Kier molecular flexibility index (Phi) is 3.12. The number of aromatic nitrogens is 3. The van der Waals surface area contributed by atoms with Crippen molar-refractivity contribution < 1.29 is 4.74 Å². The number of nitrogens with one attached hydrogen (secondary N) is 2. The van der Waals surface area contributed by atoms with Crippen LogP contribution in [-0.2, 0) is 4.74 Å². The second kappa shape index (κ2) is 4.91. The van der Waals surface area contributed by atoms with E-state index in [0.29, 0.717) is 0 Å². The number of aryl methyl sites for hydroxylation is 1. The van der Waals surface area contributed by atoms with Crippen molar-refractivity contribution in [2.24, 2.45) is 0 Å². The van der Waals surface area contributed by atoms with Gasteiger partial charge < -0.3 is 15.4 Å². The number of fused-ring (bicyclic) bond motifs is 1. The van der Waals surface area contributed by atoms with Gasteiger partial charge in [-0.3, -0.25) is 0 Å². The second-order valence-electron chi connectivity index (χ2n) is 4.53. The lowest BCUT2D eigenvalue weighted by molar-refractivity contribution is 0.0371. The van der Waals surface area contributed by atoms with Crippen LogP contribution < -0.4 is 10.6 Å². The number of anilines is 1. The van der Waals surface area contributed by atoms with Crippen LogP contribution in [0.5, 0.6) is 0 Å². The summed E-state index contributed by atoms with van der Waals surface area (Å²) in [4.78, 5) is 4.20. The maximum Gasteiger partial charge on any atom is 0.157 e. The van der Waals surface area contributed by atoms with Gasteiger partial charge in [0.1, 0.15) is 12.1 Å². The Bertz CT molecular complexity index is 532. The van der Waals surface area contributed by atoms with Crippen molar-refractivity contribution >= 4 is 11.5 Å². The minimum absolute atomic E-state index is 0.206. The van der Waals surface area contributed by atoms with E-state index in [-0.39, 0.29) is 6.10 Å². The maximum absolute atomic E-state index is 5.65. The van der Waals surface area contributed by atoms with Crippen molar-refractivity contribution in [1.82, 2.24) is 19.9 Å². The quantitative estimate of drug-likeness (QED) is 0.824. The highest BCUT2D eigenvalue weighted by Gasteiger charge is 2.13. The van der Waals surface area contributed by atoms with Gasteiger partial charge in [0.2, 0.25) is 0 Å². The van der Waals surface area contributed by atoms with Crippen LogP contribution in [0.3, 0.4) is 0 Å². The third-order valence-electron chi connectivity index (χ3n) is 3.04. The molecule has 0 saturated carbocycles. The van der Waals surface area contributed by atoms with Gasteiger partial charge in [-0.25, -0.2) is 4.98 Å². The molecule has 6 heteroatoms. The molecule has 0 bridgehead atoms. The summed E-state index contributed by atoms with van der Waals surface area (Å²) in [6, 6.07) is 4.08. The average Bonchev–Trinajstić information content (AvgIpc) is 2.85. The zero-order valence-corrected chi connectivity index (χ0v) is 10.4. The first kappa shape index (κ1) is 11.4. The van der Waals surface area contributed by atoms with Gasteiger partial charge in [-0.05, 0) is 24.6 Å². The first-order chi connectivity index (χ1) is 8.83. The minimum Gasteiger partial charge on any atom is -0.374 e. The summed E-state index contributed by atoms with van der Waals surface area (Å²) in [5.41, 5.74) is 2.03. The highest BCUT2D eigenvalue weighted by atomic mass is 16.5.